The number of hydrogen-bond acceptors (Lipinski definition) is 4. The summed E-state index contributed by atoms with van der Waals surface area (Å²) in [6.07, 6.45) is -13.1. The minimum Gasteiger partial charge on any atom is -0.266 e. The van der Waals surface area contributed by atoms with Crippen molar-refractivity contribution in [2.45, 2.75) is 42.8 Å². The summed E-state index contributed by atoms with van der Waals surface area (Å²) in [5.41, 5.74) is 0. The summed E-state index contributed by atoms with van der Waals surface area (Å²) in [5, 5.41) is -2.10. The van der Waals surface area contributed by atoms with Crippen LogP contribution in [0.2, 0.25) is 0 Å². The van der Waals surface area contributed by atoms with Gasteiger partial charge in [0.15, 0.2) is 5.17 Å². The van der Waals surface area contributed by atoms with Crippen LogP contribution in [0.5, 0.6) is 0 Å². The van der Waals surface area contributed by atoms with Gasteiger partial charge in [-0.1, -0.05) is 18.7 Å². The van der Waals surface area contributed by atoms with Gasteiger partial charge < -0.3 is 0 Å². The predicted molar refractivity (Wildman–Crippen MR) is 67.8 cm³/mol. The fourth-order valence-corrected chi connectivity index (χ4v) is 2.55. The van der Waals surface area contributed by atoms with E-state index < -0.39 is 57.9 Å². The third kappa shape index (κ3) is 4.06. The SMILES string of the molecule is CC1CCN=C(N(C(=O)C(F)(F)C(F)(F)F)C(=O)C(F)(F)C(F)(F)F)S1. The molecule has 1 aliphatic heterocycles. The van der Waals surface area contributed by atoms with E-state index in [-0.39, 0.29) is 18.2 Å². The molecule has 1 unspecified atom stereocenters. The number of amides is 2. The molecule has 2 amide bonds. The lowest BCUT2D eigenvalue weighted by Gasteiger charge is -2.32. The molecule has 26 heavy (non-hydrogen) atoms. The largest absolute Gasteiger partial charge is 0.463 e. The number of carbonyl (C=O) groups is 2. The molecule has 4 nitrogen and oxygen atoms in total. The van der Waals surface area contributed by atoms with Gasteiger partial charge in [0.2, 0.25) is 0 Å². The first-order chi connectivity index (χ1) is 11.4. The molecule has 15 heteroatoms. The van der Waals surface area contributed by atoms with Crippen molar-refractivity contribution >= 4 is 28.7 Å². The highest BCUT2D eigenvalue weighted by Crippen LogP contribution is 2.42. The maximum atomic E-state index is 13.2. The molecular formula is C11H8F10N2O2S. The summed E-state index contributed by atoms with van der Waals surface area (Å²) < 4.78 is 127. The molecule has 1 atom stereocenters. The molecule has 0 saturated heterocycles. The highest BCUT2D eigenvalue weighted by Gasteiger charge is 2.71. The molecule has 1 aliphatic rings. The molecule has 0 spiro atoms. The van der Waals surface area contributed by atoms with Crippen molar-refractivity contribution in [1.29, 1.82) is 0 Å². The number of nitrogens with zero attached hydrogens (tertiary/aromatic N) is 2. The minimum absolute atomic E-state index is 0.137. The lowest BCUT2D eigenvalue weighted by Crippen LogP contribution is -2.61. The fraction of sp³-hybridized carbons (Fsp3) is 0.727. The number of aliphatic imine (C=N–C) groups is 1. The lowest BCUT2D eigenvalue weighted by atomic mass is 10.2. The number of amidine groups is 1. The van der Waals surface area contributed by atoms with E-state index >= 15 is 0 Å². The van der Waals surface area contributed by atoms with E-state index in [2.05, 4.69) is 4.99 Å². The van der Waals surface area contributed by atoms with E-state index in [0.717, 1.165) is 0 Å². The van der Waals surface area contributed by atoms with E-state index in [0.29, 0.717) is 0 Å². The van der Waals surface area contributed by atoms with Gasteiger partial charge in [-0.3, -0.25) is 14.6 Å². The Morgan fingerprint density at radius 2 is 1.31 bits per heavy atom. The molecule has 150 valence electrons. The van der Waals surface area contributed by atoms with Crippen LogP contribution in [0, 0.1) is 0 Å². The van der Waals surface area contributed by atoms with E-state index in [4.69, 9.17) is 0 Å². The number of hydrogen-bond donors (Lipinski definition) is 0. The monoisotopic (exact) mass is 422 g/mol. The summed E-state index contributed by atoms with van der Waals surface area (Å²) in [7, 11) is 0. The van der Waals surface area contributed by atoms with Crippen LogP contribution in [0.4, 0.5) is 43.9 Å². The summed E-state index contributed by atoms with van der Waals surface area (Å²) in [6.45, 7) is 0.909. The van der Waals surface area contributed by atoms with Crippen LogP contribution >= 0.6 is 11.8 Å². The third-order valence-electron chi connectivity index (χ3n) is 2.94. The molecule has 0 fully saturated rings. The molecule has 1 heterocycles. The summed E-state index contributed by atoms with van der Waals surface area (Å²) in [4.78, 5) is 24.6. The van der Waals surface area contributed by atoms with Crippen LogP contribution in [0.3, 0.4) is 0 Å². The first-order valence-corrected chi connectivity index (χ1v) is 7.31. The van der Waals surface area contributed by atoms with E-state index in [9.17, 15) is 53.5 Å². The first-order valence-electron chi connectivity index (χ1n) is 6.43. The normalized spacial score (nSPS) is 19.8. The number of halogens is 10. The number of rotatable bonds is 2. The lowest BCUT2D eigenvalue weighted by molar-refractivity contribution is -0.280. The second-order valence-electron chi connectivity index (χ2n) is 4.97. The first kappa shape index (κ1) is 22.5. The van der Waals surface area contributed by atoms with Gasteiger partial charge >= 0.3 is 36.0 Å². The average molecular weight is 422 g/mol. The zero-order valence-electron chi connectivity index (χ0n) is 12.4. The minimum atomic E-state index is -6.64. The molecule has 0 aliphatic carbocycles. The molecule has 0 aromatic carbocycles. The molecule has 0 N–H and O–H groups in total. The Bertz CT molecular complexity index is 575. The Morgan fingerprint density at radius 1 is 0.923 bits per heavy atom. The van der Waals surface area contributed by atoms with Crippen molar-refractivity contribution in [3.05, 3.63) is 0 Å². The third-order valence-corrected chi connectivity index (χ3v) is 4.10. The second-order valence-corrected chi connectivity index (χ2v) is 6.38. The second kappa shape index (κ2) is 6.88. The van der Waals surface area contributed by atoms with E-state index in [1.165, 1.54) is 6.92 Å². The highest BCUT2D eigenvalue weighted by molar-refractivity contribution is 8.14. The van der Waals surface area contributed by atoms with Crippen molar-refractivity contribution in [2.24, 2.45) is 4.99 Å². The summed E-state index contributed by atoms with van der Waals surface area (Å²) >= 11 is 0.137. The van der Waals surface area contributed by atoms with Crippen LogP contribution in [0.25, 0.3) is 0 Å². The number of alkyl halides is 10. The molecular weight excluding hydrogens is 414 g/mol. The van der Waals surface area contributed by atoms with Gasteiger partial charge in [0, 0.05) is 11.8 Å². The van der Waals surface area contributed by atoms with Gasteiger partial charge in [-0.05, 0) is 6.42 Å². The standard InChI is InChI=1S/C11H8F10N2O2S/c1-4-2-3-22-7(26-4)23(5(24)8(12,13)10(16,17)18)6(25)9(14,15)11(19,20)21/h4H,2-3H2,1H3. The van der Waals surface area contributed by atoms with Crippen LogP contribution in [-0.2, 0) is 9.59 Å². The summed E-state index contributed by atoms with van der Waals surface area (Å²) in [5.74, 6) is -20.0. The van der Waals surface area contributed by atoms with Crippen molar-refractivity contribution in [3.63, 3.8) is 0 Å². The Hall–Kier alpha value is -1.54. The summed E-state index contributed by atoms with van der Waals surface area (Å²) in [6, 6.07) is 0. The quantitative estimate of drug-likeness (QED) is 0.639. The van der Waals surface area contributed by atoms with Gasteiger partial charge in [0.1, 0.15) is 0 Å². The Balaban J connectivity index is 3.48. The molecule has 1 rings (SSSR count). The zero-order chi connectivity index (χ0) is 20.7. The zero-order valence-corrected chi connectivity index (χ0v) is 13.2. The van der Waals surface area contributed by atoms with Gasteiger partial charge in [-0.15, -0.1) is 0 Å². The molecule has 0 aromatic rings. The van der Waals surface area contributed by atoms with Crippen molar-refractivity contribution < 1.29 is 53.5 Å². The van der Waals surface area contributed by atoms with Gasteiger partial charge in [0.05, 0.1) is 0 Å². The van der Waals surface area contributed by atoms with Crippen LogP contribution in [0.15, 0.2) is 4.99 Å². The van der Waals surface area contributed by atoms with Gasteiger partial charge in [-0.25, -0.2) is 4.90 Å². The number of imide groups is 1. The fourth-order valence-electron chi connectivity index (χ4n) is 1.53. The number of thioether (sulfide) groups is 1. The molecule has 0 radical (unpaired) electrons. The molecule has 0 saturated carbocycles. The van der Waals surface area contributed by atoms with Crippen molar-refractivity contribution in [2.75, 3.05) is 6.54 Å². The van der Waals surface area contributed by atoms with Crippen LogP contribution in [0.1, 0.15) is 13.3 Å². The predicted octanol–water partition coefficient (Wildman–Crippen LogP) is 3.62. The van der Waals surface area contributed by atoms with E-state index in [1.807, 2.05) is 0 Å². The highest BCUT2D eigenvalue weighted by atomic mass is 32.2. The Kier molecular flexibility index (Phi) is 5.96. The van der Waals surface area contributed by atoms with Crippen LogP contribution < -0.4 is 0 Å². The smallest absolute Gasteiger partial charge is 0.266 e. The van der Waals surface area contributed by atoms with Gasteiger partial charge in [-0.2, -0.15) is 43.9 Å². The maximum Gasteiger partial charge on any atom is 0.463 e. The van der Waals surface area contributed by atoms with Crippen molar-refractivity contribution in [1.82, 2.24) is 4.90 Å². The van der Waals surface area contributed by atoms with Gasteiger partial charge in [0.25, 0.3) is 0 Å². The van der Waals surface area contributed by atoms with Crippen molar-refractivity contribution in [3.8, 4) is 0 Å². The van der Waals surface area contributed by atoms with Crippen LogP contribution in [-0.4, -0.2) is 57.9 Å². The topological polar surface area (TPSA) is 49.7 Å². The molecule has 0 aromatic heterocycles. The Morgan fingerprint density at radius 3 is 1.62 bits per heavy atom. The average Bonchev–Trinajstić information content (AvgIpc) is 2.44. The molecule has 0 bridgehead atoms. The Labute approximate surface area is 142 Å². The van der Waals surface area contributed by atoms with E-state index in [1.54, 1.807) is 0 Å². The maximum absolute atomic E-state index is 13.2. The number of carbonyl (C=O) groups excluding carboxylic acids is 2.